The number of hydrogen-bond acceptors (Lipinski definition) is 8. The topological polar surface area (TPSA) is 158 Å². The van der Waals surface area contributed by atoms with Gasteiger partial charge >= 0.3 is 0 Å². The normalized spacial score (nSPS) is 15.0. The van der Waals surface area contributed by atoms with Crippen molar-refractivity contribution < 1.29 is 28.2 Å². The zero-order valence-corrected chi connectivity index (χ0v) is 24.7. The molecule has 1 aliphatic rings. The lowest BCUT2D eigenvalue weighted by Crippen LogP contribution is -2.48. The number of anilines is 1. The van der Waals surface area contributed by atoms with Crippen LogP contribution in [0.2, 0.25) is 0 Å². The molecule has 1 aliphatic carbocycles. The van der Waals surface area contributed by atoms with Gasteiger partial charge in [0.05, 0.1) is 10.4 Å². The van der Waals surface area contributed by atoms with Gasteiger partial charge in [0.15, 0.2) is 11.5 Å². The van der Waals surface area contributed by atoms with E-state index < -0.39 is 33.6 Å². The fraction of sp³-hybridized carbons (Fsp3) is 0.333. The number of aromatic hydroxyl groups is 2. The third-order valence-corrected chi connectivity index (χ3v) is 9.47. The standard InChI is InChI=1S/C30H34N6O6S/c1-34(2)43(41,42)23-15-13-22(14-16-23)36(28(39)19-35-25-11-7-6-10-24(25)32-33-35)29(20-12-17-26(37)27(38)18-20)30(40)31-21-8-4-3-5-9-21/h6-7,10-18,21,29,37-38H,3-5,8-9,19H2,1-2H3,(H,31,40). The molecule has 13 heteroatoms. The minimum atomic E-state index is -3.76. The van der Waals surface area contributed by atoms with Gasteiger partial charge in [-0.1, -0.05) is 42.7 Å². The summed E-state index contributed by atoms with van der Waals surface area (Å²) in [6, 6.07) is 15.5. The van der Waals surface area contributed by atoms with Gasteiger partial charge in [-0.2, -0.15) is 0 Å². The number of aromatic nitrogens is 3. The van der Waals surface area contributed by atoms with E-state index in [1.165, 1.54) is 66.1 Å². The molecule has 5 rings (SSSR count). The van der Waals surface area contributed by atoms with Crippen molar-refractivity contribution in [1.29, 1.82) is 0 Å². The van der Waals surface area contributed by atoms with E-state index in [-0.39, 0.29) is 34.5 Å². The average Bonchev–Trinajstić information content (AvgIpc) is 3.40. The van der Waals surface area contributed by atoms with Gasteiger partial charge in [-0.25, -0.2) is 17.4 Å². The molecule has 3 N–H and O–H groups in total. The van der Waals surface area contributed by atoms with Crippen molar-refractivity contribution in [3.8, 4) is 11.5 Å². The van der Waals surface area contributed by atoms with Crippen LogP contribution in [0.1, 0.15) is 43.7 Å². The first-order valence-electron chi connectivity index (χ1n) is 14.0. The van der Waals surface area contributed by atoms with E-state index in [1.807, 2.05) is 6.07 Å². The summed E-state index contributed by atoms with van der Waals surface area (Å²) in [5, 5.41) is 31.7. The van der Waals surface area contributed by atoms with Crippen LogP contribution in [0.25, 0.3) is 11.0 Å². The van der Waals surface area contributed by atoms with Crippen molar-refractivity contribution in [3.63, 3.8) is 0 Å². The van der Waals surface area contributed by atoms with Crippen LogP contribution in [0, 0.1) is 0 Å². The molecule has 2 amide bonds. The quantitative estimate of drug-likeness (QED) is 0.245. The Hall–Kier alpha value is -4.49. The first-order chi connectivity index (χ1) is 20.6. The SMILES string of the molecule is CN(C)S(=O)(=O)c1ccc(N(C(=O)Cn2nnc3ccccc32)C(C(=O)NC2CCCCC2)c2ccc(O)c(O)c2)cc1. The highest BCUT2D eigenvalue weighted by Crippen LogP contribution is 2.34. The number of nitrogens with zero attached hydrogens (tertiary/aromatic N) is 5. The third kappa shape index (κ3) is 6.32. The molecule has 0 aliphatic heterocycles. The van der Waals surface area contributed by atoms with Crippen LogP contribution >= 0.6 is 0 Å². The second kappa shape index (κ2) is 12.4. The number of amides is 2. The number of rotatable bonds is 9. The molecule has 43 heavy (non-hydrogen) atoms. The molecule has 3 aromatic carbocycles. The van der Waals surface area contributed by atoms with Gasteiger partial charge in [-0.15, -0.1) is 5.10 Å². The van der Waals surface area contributed by atoms with Crippen molar-refractivity contribution in [2.75, 3.05) is 19.0 Å². The molecule has 0 saturated heterocycles. The molecule has 1 unspecified atom stereocenters. The second-order valence-corrected chi connectivity index (χ2v) is 12.9. The van der Waals surface area contributed by atoms with E-state index in [0.717, 1.165) is 36.4 Å². The summed E-state index contributed by atoms with van der Waals surface area (Å²) < 4.78 is 28.0. The molecule has 0 spiro atoms. The third-order valence-electron chi connectivity index (χ3n) is 7.64. The number of sulfonamides is 1. The smallest absolute Gasteiger partial charge is 0.249 e. The Kier molecular flexibility index (Phi) is 8.64. The molecule has 0 bridgehead atoms. The van der Waals surface area contributed by atoms with Crippen molar-refractivity contribution >= 4 is 38.6 Å². The minimum Gasteiger partial charge on any atom is -0.504 e. The van der Waals surface area contributed by atoms with Crippen LogP contribution in [0.3, 0.4) is 0 Å². The lowest BCUT2D eigenvalue weighted by atomic mass is 9.94. The largest absolute Gasteiger partial charge is 0.504 e. The summed E-state index contributed by atoms with van der Waals surface area (Å²) in [6.07, 6.45) is 4.63. The van der Waals surface area contributed by atoms with Crippen LogP contribution in [-0.4, -0.2) is 69.9 Å². The number of phenols is 2. The van der Waals surface area contributed by atoms with Gasteiger partial charge < -0.3 is 15.5 Å². The molecule has 1 saturated carbocycles. The number of nitrogens with one attached hydrogen (secondary N) is 1. The van der Waals surface area contributed by atoms with Gasteiger partial charge in [0.1, 0.15) is 18.1 Å². The monoisotopic (exact) mass is 606 g/mol. The molecular formula is C30H34N6O6S. The van der Waals surface area contributed by atoms with E-state index in [9.17, 15) is 28.2 Å². The lowest BCUT2D eigenvalue weighted by Gasteiger charge is -2.33. The number of carbonyl (C=O) groups excluding carboxylic acids is 2. The highest BCUT2D eigenvalue weighted by atomic mass is 32.2. The second-order valence-electron chi connectivity index (χ2n) is 10.8. The fourth-order valence-electron chi connectivity index (χ4n) is 5.32. The van der Waals surface area contributed by atoms with Crippen LogP contribution in [0.4, 0.5) is 5.69 Å². The molecule has 226 valence electrons. The van der Waals surface area contributed by atoms with Crippen LogP contribution in [0.5, 0.6) is 11.5 Å². The Morgan fingerprint density at radius 2 is 1.67 bits per heavy atom. The maximum absolute atomic E-state index is 14.2. The summed E-state index contributed by atoms with van der Waals surface area (Å²) in [5.74, 6) is -1.83. The number of para-hydroxylation sites is 1. The number of hydrogen-bond donors (Lipinski definition) is 3. The summed E-state index contributed by atoms with van der Waals surface area (Å²) >= 11 is 0. The molecule has 4 aromatic rings. The maximum Gasteiger partial charge on any atom is 0.249 e. The van der Waals surface area contributed by atoms with Crippen molar-refractivity contribution in [1.82, 2.24) is 24.6 Å². The predicted molar refractivity (Wildman–Crippen MR) is 160 cm³/mol. The zero-order valence-electron chi connectivity index (χ0n) is 23.9. The summed E-state index contributed by atoms with van der Waals surface area (Å²) in [6.45, 7) is -0.282. The first kappa shape index (κ1) is 30.0. The molecule has 0 radical (unpaired) electrons. The molecule has 1 atom stereocenters. The molecule has 12 nitrogen and oxygen atoms in total. The zero-order chi connectivity index (χ0) is 30.7. The summed E-state index contributed by atoms with van der Waals surface area (Å²) in [7, 11) is -0.914. The Morgan fingerprint density at radius 1 is 0.977 bits per heavy atom. The van der Waals surface area contributed by atoms with Gasteiger partial charge in [0.2, 0.25) is 21.8 Å². The number of fused-ring (bicyclic) bond motifs is 1. The Labute approximate surface area is 249 Å². The van der Waals surface area contributed by atoms with E-state index in [2.05, 4.69) is 15.6 Å². The summed E-state index contributed by atoms with van der Waals surface area (Å²) in [4.78, 5) is 29.6. The van der Waals surface area contributed by atoms with Crippen molar-refractivity contribution in [2.24, 2.45) is 0 Å². The van der Waals surface area contributed by atoms with E-state index in [0.29, 0.717) is 11.0 Å². The van der Waals surface area contributed by atoms with Gasteiger partial charge in [0, 0.05) is 25.8 Å². The number of carbonyl (C=O) groups is 2. The van der Waals surface area contributed by atoms with Crippen LogP contribution in [-0.2, 0) is 26.2 Å². The number of phenolic OH excluding ortho intramolecular Hbond substituents is 2. The Morgan fingerprint density at radius 3 is 2.35 bits per heavy atom. The van der Waals surface area contributed by atoms with E-state index >= 15 is 0 Å². The minimum absolute atomic E-state index is 0.0152. The van der Waals surface area contributed by atoms with Gasteiger partial charge in [-0.3, -0.25) is 14.5 Å². The van der Waals surface area contributed by atoms with Crippen LogP contribution in [0.15, 0.2) is 71.6 Å². The Bertz CT molecular complexity index is 1730. The van der Waals surface area contributed by atoms with Gasteiger partial charge in [0.25, 0.3) is 0 Å². The van der Waals surface area contributed by atoms with Crippen LogP contribution < -0.4 is 10.2 Å². The first-order valence-corrected chi connectivity index (χ1v) is 15.5. The van der Waals surface area contributed by atoms with E-state index in [1.54, 1.807) is 18.2 Å². The molecular weight excluding hydrogens is 572 g/mol. The molecule has 1 heterocycles. The van der Waals surface area contributed by atoms with Gasteiger partial charge in [-0.05, 0) is 66.9 Å². The fourth-order valence-corrected chi connectivity index (χ4v) is 6.22. The lowest BCUT2D eigenvalue weighted by molar-refractivity contribution is -0.127. The highest BCUT2D eigenvalue weighted by molar-refractivity contribution is 7.89. The molecule has 1 aromatic heterocycles. The maximum atomic E-state index is 14.2. The summed E-state index contributed by atoms with van der Waals surface area (Å²) in [5.41, 5.74) is 1.72. The van der Waals surface area contributed by atoms with Crippen molar-refractivity contribution in [3.05, 3.63) is 72.3 Å². The van der Waals surface area contributed by atoms with Crippen molar-refractivity contribution in [2.45, 2.75) is 55.6 Å². The predicted octanol–water partition coefficient (Wildman–Crippen LogP) is 3.32. The molecule has 1 fully saturated rings. The Balaban J connectivity index is 1.61. The average molecular weight is 607 g/mol. The highest BCUT2D eigenvalue weighted by Gasteiger charge is 2.35. The van der Waals surface area contributed by atoms with E-state index in [4.69, 9.17) is 0 Å². The number of benzene rings is 3.